The molecule has 0 saturated carbocycles. The largest absolute Gasteiger partial charge is 0.460 e. The highest BCUT2D eigenvalue weighted by molar-refractivity contribution is 5.95. The van der Waals surface area contributed by atoms with Crippen LogP contribution in [0.4, 0.5) is 4.79 Å². The average Bonchev–Trinajstić information content (AvgIpc) is 3.45. The monoisotopic (exact) mass is 645 g/mol. The molecule has 5 N–H and O–H groups in total. The van der Waals surface area contributed by atoms with Crippen molar-refractivity contribution < 1.29 is 38.2 Å². The topological polar surface area (TPSA) is 186 Å². The number of likely N-dealkylation sites (tertiary alicyclic amines) is 1. The number of rotatable bonds is 15. The lowest BCUT2D eigenvalue weighted by Crippen LogP contribution is -2.58. The van der Waals surface area contributed by atoms with Crippen molar-refractivity contribution in [1.82, 2.24) is 20.9 Å². The molecule has 13 heteroatoms. The smallest absolute Gasteiger partial charge is 0.410 e. The molecule has 13 nitrogen and oxygen atoms in total. The number of amides is 5. The lowest BCUT2D eigenvalue weighted by atomic mass is 10.0. The van der Waals surface area contributed by atoms with Crippen LogP contribution in [0.3, 0.4) is 0 Å². The van der Waals surface area contributed by atoms with Crippen LogP contribution in [0, 0.1) is 11.8 Å². The van der Waals surface area contributed by atoms with E-state index in [0.29, 0.717) is 19.4 Å². The molecule has 1 aliphatic rings. The highest BCUT2D eigenvalue weighted by Crippen LogP contribution is 2.20. The number of hydrogen-bond donors (Lipinski definition) is 4. The van der Waals surface area contributed by atoms with Gasteiger partial charge in [0.15, 0.2) is 0 Å². The second-order valence-corrected chi connectivity index (χ2v) is 13.4. The lowest BCUT2D eigenvalue weighted by molar-refractivity contribution is -0.155. The average molecular weight is 646 g/mol. The van der Waals surface area contributed by atoms with Crippen molar-refractivity contribution >= 4 is 35.7 Å². The number of benzene rings is 1. The van der Waals surface area contributed by atoms with Crippen molar-refractivity contribution in [2.24, 2.45) is 17.6 Å². The van der Waals surface area contributed by atoms with Crippen LogP contribution in [0.1, 0.15) is 86.1 Å². The van der Waals surface area contributed by atoms with Gasteiger partial charge in [-0.15, -0.1) is 0 Å². The van der Waals surface area contributed by atoms with E-state index in [9.17, 15) is 28.8 Å². The van der Waals surface area contributed by atoms with Gasteiger partial charge in [0.2, 0.25) is 23.6 Å². The summed E-state index contributed by atoms with van der Waals surface area (Å²) in [5.74, 6) is -3.53. The Kier molecular flexibility index (Phi) is 14.5. The van der Waals surface area contributed by atoms with E-state index < -0.39 is 65.5 Å². The molecule has 46 heavy (non-hydrogen) atoms. The number of hydrogen-bond acceptors (Lipinski definition) is 8. The van der Waals surface area contributed by atoms with Crippen LogP contribution >= 0.6 is 0 Å². The molecule has 1 heterocycles. The van der Waals surface area contributed by atoms with E-state index in [1.807, 2.05) is 44.2 Å². The minimum Gasteiger partial charge on any atom is -0.460 e. The summed E-state index contributed by atoms with van der Waals surface area (Å²) in [5.41, 5.74) is 5.54. The molecule has 4 atom stereocenters. The van der Waals surface area contributed by atoms with Crippen molar-refractivity contribution in [1.29, 1.82) is 0 Å². The van der Waals surface area contributed by atoms with E-state index in [0.717, 1.165) is 5.56 Å². The first-order valence-electron chi connectivity index (χ1n) is 15.9. The Morgan fingerprint density at radius 3 is 2.13 bits per heavy atom. The number of esters is 1. The summed E-state index contributed by atoms with van der Waals surface area (Å²) in [6.45, 7) is 12.7. The van der Waals surface area contributed by atoms with Gasteiger partial charge in [0.05, 0.1) is 0 Å². The number of nitrogens with one attached hydrogen (secondary N) is 3. The summed E-state index contributed by atoms with van der Waals surface area (Å²) in [5, 5.41) is 8.00. The Labute approximate surface area is 271 Å². The Bertz CT molecular complexity index is 1210. The van der Waals surface area contributed by atoms with Crippen molar-refractivity contribution in [3.8, 4) is 0 Å². The molecule has 1 fully saturated rings. The second-order valence-electron chi connectivity index (χ2n) is 13.4. The zero-order valence-electron chi connectivity index (χ0n) is 28.1. The fourth-order valence-electron chi connectivity index (χ4n) is 5.05. The SMILES string of the molecule is CC(C)C[C@H](NC(=O)[C@@H]1CCCN1C(=O)OCc1ccccc1)C(=O)N[C@@H](CCC(=O)OC(C)(C)C)C(=O)N[C@H](C(N)=O)C(C)C. The number of carbonyl (C=O) groups is 6. The van der Waals surface area contributed by atoms with Crippen molar-refractivity contribution in [3.63, 3.8) is 0 Å². The zero-order valence-corrected chi connectivity index (χ0v) is 28.1. The molecule has 0 aliphatic carbocycles. The highest BCUT2D eigenvalue weighted by atomic mass is 16.6. The fourth-order valence-corrected chi connectivity index (χ4v) is 5.05. The third-order valence-corrected chi connectivity index (χ3v) is 7.30. The minimum absolute atomic E-state index is 0.0270. The van der Waals surface area contributed by atoms with E-state index in [1.165, 1.54) is 4.90 Å². The molecule has 0 spiro atoms. The molecular weight excluding hydrogens is 594 g/mol. The first-order valence-corrected chi connectivity index (χ1v) is 15.9. The third-order valence-electron chi connectivity index (χ3n) is 7.30. The van der Waals surface area contributed by atoms with Crippen LogP contribution < -0.4 is 21.7 Å². The molecule has 0 radical (unpaired) electrons. The van der Waals surface area contributed by atoms with Crippen molar-refractivity contribution in [2.75, 3.05) is 6.54 Å². The normalized spacial score (nSPS) is 16.7. The standard InChI is InChI=1S/C33H51N5O8/c1-20(2)18-24(36-31(43)25-14-11-17-38(25)32(44)45-19-22-12-9-8-10-13-22)30(42)35-23(15-16-26(39)46-33(5,6)7)29(41)37-27(21(3)4)28(34)40/h8-10,12-13,20-21,23-25,27H,11,14-19H2,1-7H3,(H2,34,40)(H,35,42)(H,36,43)(H,37,41)/t23-,24-,25-,27-/m0/s1. The molecule has 1 aromatic carbocycles. The maximum Gasteiger partial charge on any atom is 0.410 e. The molecule has 1 saturated heterocycles. The first kappa shape index (κ1) is 38.0. The third kappa shape index (κ3) is 12.7. The van der Waals surface area contributed by atoms with Gasteiger partial charge in [0.25, 0.3) is 0 Å². The Morgan fingerprint density at radius 2 is 1.57 bits per heavy atom. The molecular formula is C33H51N5O8. The van der Waals surface area contributed by atoms with E-state index in [2.05, 4.69) is 16.0 Å². The van der Waals surface area contributed by atoms with Gasteiger partial charge < -0.3 is 31.2 Å². The van der Waals surface area contributed by atoms with E-state index >= 15 is 0 Å². The van der Waals surface area contributed by atoms with Crippen LogP contribution in [0.25, 0.3) is 0 Å². The van der Waals surface area contributed by atoms with Crippen LogP contribution in [-0.2, 0) is 40.1 Å². The van der Waals surface area contributed by atoms with Gasteiger partial charge in [0, 0.05) is 13.0 Å². The van der Waals surface area contributed by atoms with E-state index in [1.54, 1.807) is 34.6 Å². The number of nitrogens with zero attached hydrogens (tertiary/aromatic N) is 1. The van der Waals surface area contributed by atoms with Crippen molar-refractivity contribution in [3.05, 3.63) is 35.9 Å². The van der Waals surface area contributed by atoms with Gasteiger partial charge >= 0.3 is 12.1 Å². The van der Waals surface area contributed by atoms with Gasteiger partial charge in [-0.3, -0.25) is 28.9 Å². The van der Waals surface area contributed by atoms with Crippen LogP contribution in [-0.4, -0.2) is 76.9 Å². The molecule has 1 aliphatic heterocycles. The van der Waals surface area contributed by atoms with Gasteiger partial charge in [-0.2, -0.15) is 0 Å². The summed E-state index contributed by atoms with van der Waals surface area (Å²) < 4.78 is 10.8. The number of carbonyl (C=O) groups excluding carboxylic acids is 6. The molecule has 256 valence electrons. The summed E-state index contributed by atoms with van der Waals surface area (Å²) in [6, 6.07) is 5.06. The molecule has 0 aromatic heterocycles. The summed E-state index contributed by atoms with van der Waals surface area (Å²) in [6.07, 6.45) is 0.277. The molecule has 0 bridgehead atoms. The Balaban J connectivity index is 2.18. The Morgan fingerprint density at radius 1 is 0.935 bits per heavy atom. The predicted octanol–water partition coefficient (Wildman–Crippen LogP) is 2.55. The fraction of sp³-hybridized carbons (Fsp3) is 0.636. The summed E-state index contributed by atoms with van der Waals surface area (Å²) in [7, 11) is 0. The van der Waals surface area contributed by atoms with Crippen LogP contribution in [0.2, 0.25) is 0 Å². The van der Waals surface area contributed by atoms with Crippen molar-refractivity contribution in [2.45, 2.75) is 117 Å². The maximum absolute atomic E-state index is 13.6. The van der Waals surface area contributed by atoms with Gasteiger partial charge in [-0.05, 0) is 63.9 Å². The molecule has 0 unspecified atom stereocenters. The van der Waals surface area contributed by atoms with Gasteiger partial charge in [-0.1, -0.05) is 58.0 Å². The first-order chi connectivity index (χ1) is 21.5. The van der Waals surface area contributed by atoms with Gasteiger partial charge in [-0.25, -0.2) is 4.79 Å². The number of primary amides is 1. The second kappa shape index (κ2) is 17.5. The number of nitrogens with two attached hydrogens (primary N) is 1. The van der Waals surface area contributed by atoms with E-state index in [-0.39, 0.29) is 37.7 Å². The Hall–Kier alpha value is -4.16. The zero-order chi connectivity index (χ0) is 34.6. The molecule has 5 amide bonds. The highest BCUT2D eigenvalue weighted by Gasteiger charge is 2.38. The molecule has 2 rings (SSSR count). The lowest BCUT2D eigenvalue weighted by Gasteiger charge is -2.28. The summed E-state index contributed by atoms with van der Waals surface area (Å²) >= 11 is 0. The van der Waals surface area contributed by atoms with Crippen LogP contribution in [0.5, 0.6) is 0 Å². The quantitative estimate of drug-likeness (QED) is 0.210. The predicted molar refractivity (Wildman–Crippen MR) is 171 cm³/mol. The summed E-state index contributed by atoms with van der Waals surface area (Å²) in [4.78, 5) is 79.1. The van der Waals surface area contributed by atoms with Crippen LogP contribution in [0.15, 0.2) is 30.3 Å². The minimum atomic E-state index is -1.23. The molecule has 1 aromatic rings. The number of ether oxygens (including phenoxy) is 2. The van der Waals surface area contributed by atoms with E-state index in [4.69, 9.17) is 15.2 Å². The van der Waals surface area contributed by atoms with Gasteiger partial charge in [0.1, 0.15) is 36.4 Å². The maximum atomic E-state index is 13.6.